The predicted molar refractivity (Wildman–Crippen MR) is 103 cm³/mol. The van der Waals surface area contributed by atoms with Crippen LogP contribution in [0.2, 0.25) is 0 Å². The van der Waals surface area contributed by atoms with Crippen molar-refractivity contribution in [2.75, 3.05) is 51.2 Å². The van der Waals surface area contributed by atoms with E-state index in [0.717, 1.165) is 66.9 Å². The Morgan fingerprint density at radius 2 is 1.40 bits per heavy atom. The number of rotatable bonds is 4. The SMILES string of the molecule is CN1CCN(CCCN2c3ccccc3S(=O)c3ccccc32)CC1. The summed E-state index contributed by atoms with van der Waals surface area (Å²) in [6.07, 6.45) is 1.11. The van der Waals surface area contributed by atoms with Crippen molar-refractivity contribution in [1.29, 1.82) is 0 Å². The molecule has 132 valence electrons. The third-order valence-electron chi connectivity index (χ3n) is 5.16. The molecule has 4 rings (SSSR count). The number of benzene rings is 2. The highest BCUT2D eigenvalue weighted by atomic mass is 32.2. The van der Waals surface area contributed by atoms with Gasteiger partial charge in [0, 0.05) is 32.7 Å². The first kappa shape index (κ1) is 16.8. The lowest BCUT2D eigenvalue weighted by molar-refractivity contribution is 0.153. The lowest BCUT2D eigenvalue weighted by Crippen LogP contribution is -2.45. The van der Waals surface area contributed by atoms with Crippen LogP contribution in [-0.4, -0.2) is 60.3 Å². The molecule has 0 bridgehead atoms. The van der Waals surface area contributed by atoms with Gasteiger partial charge in [0.15, 0.2) is 0 Å². The number of fused-ring (bicyclic) bond motifs is 2. The minimum absolute atomic E-state index is 0.931. The Morgan fingerprint density at radius 1 is 0.840 bits per heavy atom. The van der Waals surface area contributed by atoms with Crippen LogP contribution in [0.5, 0.6) is 0 Å². The maximum Gasteiger partial charge on any atom is 0.0892 e. The molecule has 2 aromatic rings. The van der Waals surface area contributed by atoms with Gasteiger partial charge in [-0.25, -0.2) is 4.21 Å². The Morgan fingerprint density at radius 3 is 2.00 bits per heavy atom. The molecule has 1 saturated heterocycles. The Labute approximate surface area is 152 Å². The molecule has 1 fully saturated rings. The number of hydrogen-bond acceptors (Lipinski definition) is 4. The van der Waals surface area contributed by atoms with Crippen molar-refractivity contribution in [3.63, 3.8) is 0 Å². The zero-order valence-corrected chi connectivity index (χ0v) is 15.5. The second kappa shape index (κ2) is 7.28. The van der Waals surface area contributed by atoms with Gasteiger partial charge in [-0.05, 0) is 44.3 Å². The van der Waals surface area contributed by atoms with Crippen molar-refractivity contribution in [3.8, 4) is 0 Å². The quantitative estimate of drug-likeness (QED) is 0.843. The van der Waals surface area contributed by atoms with E-state index in [2.05, 4.69) is 33.9 Å². The third kappa shape index (κ3) is 3.36. The highest BCUT2D eigenvalue weighted by Crippen LogP contribution is 2.41. The van der Waals surface area contributed by atoms with Crippen molar-refractivity contribution < 1.29 is 4.21 Å². The van der Waals surface area contributed by atoms with Crippen LogP contribution < -0.4 is 4.90 Å². The second-order valence-electron chi connectivity index (χ2n) is 6.85. The highest BCUT2D eigenvalue weighted by Gasteiger charge is 2.27. The smallest absolute Gasteiger partial charge is 0.0892 e. The largest absolute Gasteiger partial charge is 0.339 e. The van der Waals surface area contributed by atoms with Gasteiger partial charge in [-0.2, -0.15) is 0 Å². The zero-order chi connectivity index (χ0) is 17.2. The summed E-state index contributed by atoms with van der Waals surface area (Å²) in [6.45, 7) is 6.72. The normalized spacial score (nSPS) is 18.8. The molecule has 2 aliphatic rings. The summed E-state index contributed by atoms with van der Waals surface area (Å²) in [5.41, 5.74) is 2.19. The number of nitrogens with zero attached hydrogens (tertiary/aromatic N) is 3. The molecule has 0 atom stereocenters. The fourth-order valence-corrected chi connectivity index (χ4v) is 5.06. The molecule has 2 aliphatic heterocycles. The monoisotopic (exact) mass is 355 g/mol. The van der Waals surface area contributed by atoms with Gasteiger partial charge in [0.2, 0.25) is 0 Å². The van der Waals surface area contributed by atoms with Crippen LogP contribution in [0.1, 0.15) is 6.42 Å². The van der Waals surface area contributed by atoms with Gasteiger partial charge in [-0.3, -0.25) is 0 Å². The molecule has 0 saturated carbocycles. The van der Waals surface area contributed by atoms with Crippen LogP contribution >= 0.6 is 0 Å². The molecule has 0 amide bonds. The number of piperazine rings is 1. The molecular weight excluding hydrogens is 330 g/mol. The summed E-state index contributed by atoms with van der Waals surface area (Å²) in [6, 6.07) is 16.2. The topological polar surface area (TPSA) is 26.8 Å². The van der Waals surface area contributed by atoms with Gasteiger partial charge >= 0.3 is 0 Å². The minimum Gasteiger partial charge on any atom is -0.339 e. The Hall–Kier alpha value is -1.69. The van der Waals surface area contributed by atoms with E-state index in [-0.39, 0.29) is 0 Å². The van der Waals surface area contributed by atoms with E-state index in [1.807, 2.05) is 36.4 Å². The van der Waals surface area contributed by atoms with E-state index in [4.69, 9.17) is 0 Å². The van der Waals surface area contributed by atoms with E-state index in [1.165, 1.54) is 0 Å². The second-order valence-corrected chi connectivity index (χ2v) is 8.27. The van der Waals surface area contributed by atoms with Crippen LogP contribution in [0.3, 0.4) is 0 Å². The van der Waals surface area contributed by atoms with E-state index in [9.17, 15) is 4.21 Å². The fraction of sp³-hybridized carbons (Fsp3) is 0.400. The van der Waals surface area contributed by atoms with E-state index < -0.39 is 10.8 Å². The van der Waals surface area contributed by atoms with Crippen molar-refractivity contribution in [2.45, 2.75) is 16.2 Å². The number of anilines is 2. The van der Waals surface area contributed by atoms with Gasteiger partial charge in [-0.1, -0.05) is 24.3 Å². The van der Waals surface area contributed by atoms with Gasteiger partial charge in [0.25, 0.3) is 0 Å². The molecule has 0 unspecified atom stereocenters. The maximum atomic E-state index is 12.9. The van der Waals surface area contributed by atoms with Gasteiger partial charge in [0.05, 0.1) is 32.0 Å². The number of hydrogen-bond donors (Lipinski definition) is 0. The Balaban J connectivity index is 1.51. The van der Waals surface area contributed by atoms with E-state index in [1.54, 1.807) is 0 Å². The molecule has 0 aromatic heterocycles. The highest BCUT2D eigenvalue weighted by molar-refractivity contribution is 7.85. The number of para-hydroxylation sites is 2. The summed E-state index contributed by atoms with van der Waals surface area (Å²) in [7, 11) is 1.11. The van der Waals surface area contributed by atoms with Crippen LogP contribution in [-0.2, 0) is 10.8 Å². The van der Waals surface area contributed by atoms with E-state index in [0.29, 0.717) is 0 Å². The molecule has 2 heterocycles. The Kier molecular flexibility index (Phi) is 4.88. The Bertz CT molecular complexity index is 722. The van der Waals surface area contributed by atoms with Gasteiger partial charge in [-0.15, -0.1) is 0 Å². The average Bonchev–Trinajstić information content (AvgIpc) is 2.66. The fourth-order valence-electron chi connectivity index (χ4n) is 3.69. The van der Waals surface area contributed by atoms with Crippen molar-refractivity contribution in [1.82, 2.24) is 9.80 Å². The lowest BCUT2D eigenvalue weighted by Gasteiger charge is -2.35. The zero-order valence-electron chi connectivity index (χ0n) is 14.7. The first-order valence-electron chi connectivity index (χ1n) is 9.02. The predicted octanol–water partition coefficient (Wildman–Crippen LogP) is 2.94. The molecule has 0 N–H and O–H groups in total. The van der Waals surface area contributed by atoms with Crippen LogP contribution in [0.25, 0.3) is 0 Å². The average molecular weight is 356 g/mol. The molecule has 5 heteroatoms. The first-order chi connectivity index (χ1) is 12.2. The molecule has 0 spiro atoms. The summed E-state index contributed by atoms with van der Waals surface area (Å²) in [4.78, 5) is 9.16. The van der Waals surface area contributed by atoms with Gasteiger partial charge < -0.3 is 14.7 Å². The van der Waals surface area contributed by atoms with Crippen LogP contribution in [0, 0.1) is 0 Å². The summed E-state index contributed by atoms with van der Waals surface area (Å²) < 4.78 is 12.9. The van der Waals surface area contributed by atoms with Crippen molar-refractivity contribution >= 4 is 22.2 Å². The van der Waals surface area contributed by atoms with Crippen LogP contribution in [0.15, 0.2) is 58.3 Å². The van der Waals surface area contributed by atoms with Gasteiger partial charge in [0.1, 0.15) is 0 Å². The van der Waals surface area contributed by atoms with Crippen molar-refractivity contribution in [3.05, 3.63) is 48.5 Å². The first-order valence-corrected chi connectivity index (χ1v) is 10.2. The molecule has 2 aromatic carbocycles. The summed E-state index contributed by atoms with van der Waals surface area (Å²) >= 11 is 0. The molecule has 4 nitrogen and oxygen atoms in total. The molecule has 0 radical (unpaired) electrons. The van der Waals surface area contributed by atoms with E-state index >= 15 is 0 Å². The lowest BCUT2D eigenvalue weighted by atomic mass is 10.2. The van der Waals surface area contributed by atoms with Crippen molar-refractivity contribution in [2.24, 2.45) is 0 Å². The molecular formula is C20H25N3OS. The summed E-state index contributed by atoms with van der Waals surface area (Å²) in [5.74, 6) is 0. The minimum atomic E-state index is -1.08. The summed E-state index contributed by atoms with van der Waals surface area (Å²) in [5, 5.41) is 0. The number of likely N-dealkylation sites (N-methyl/N-ethyl adjacent to an activating group) is 1. The molecule has 25 heavy (non-hydrogen) atoms. The maximum absolute atomic E-state index is 12.9. The molecule has 0 aliphatic carbocycles. The van der Waals surface area contributed by atoms with Crippen LogP contribution in [0.4, 0.5) is 11.4 Å². The standard InChI is InChI=1S/C20H25N3OS/c1-21-13-15-22(16-14-21)11-6-12-23-17-7-2-4-9-19(17)25(24)20-10-5-3-8-18(20)23/h2-5,7-10H,6,11-16H2,1H3. The third-order valence-corrected chi connectivity index (χ3v) is 6.65.